The molecule has 7 nitrogen and oxygen atoms in total. The van der Waals surface area contributed by atoms with Gasteiger partial charge < -0.3 is 14.8 Å². The molecule has 1 N–H and O–H groups in total. The molecule has 0 unspecified atom stereocenters. The van der Waals surface area contributed by atoms with Crippen molar-refractivity contribution in [2.24, 2.45) is 0 Å². The minimum Gasteiger partial charge on any atom is -0.484 e. The maximum Gasteiger partial charge on any atom is 0.264 e. The smallest absolute Gasteiger partial charge is 0.264 e. The van der Waals surface area contributed by atoms with Crippen LogP contribution in [-0.4, -0.2) is 47.2 Å². The summed E-state index contributed by atoms with van der Waals surface area (Å²) in [6, 6.07) is 12.3. The van der Waals surface area contributed by atoms with Gasteiger partial charge in [-0.2, -0.15) is 0 Å². The van der Waals surface area contributed by atoms with Crippen molar-refractivity contribution in [2.75, 3.05) is 37.2 Å². The van der Waals surface area contributed by atoms with Crippen molar-refractivity contribution >= 4 is 21.6 Å². The number of aryl methyl sites for hydroxylation is 1. The fourth-order valence-electron chi connectivity index (χ4n) is 3.37. The van der Waals surface area contributed by atoms with E-state index >= 15 is 0 Å². The van der Waals surface area contributed by atoms with E-state index < -0.39 is 10.0 Å². The second-order valence-electron chi connectivity index (χ2n) is 7.07. The highest BCUT2D eigenvalue weighted by atomic mass is 32.2. The second kappa shape index (κ2) is 9.95. The van der Waals surface area contributed by atoms with Gasteiger partial charge in [0, 0.05) is 26.3 Å². The Kier molecular flexibility index (Phi) is 7.33. The molecule has 3 rings (SSSR count). The number of nitrogens with zero attached hydrogens (tertiary/aromatic N) is 1. The zero-order chi connectivity index (χ0) is 21.6. The van der Waals surface area contributed by atoms with E-state index in [0.717, 1.165) is 17.7 Å². The molecule has 1 heterocycles. The number of hydrogen-bond donors (Lipinski definition) is 1. The van der Waals surface area contributed by atoms with E-state index in [-0.39, 0.29) is 17.4 Å². The van der Waals surface area contributed by atoms with E-state index in [1.54, 1.807) is 19.1 Å². The Morgan fingerprint density at radius 1 is 1.20 bits per heavy atom. The van der Waals surface area contributed by atoms with Gasteiger partial charge in [-0.1, -0.05) is 18.2 Å². The van der Waals surface area contributed by atoms with Crippen molar-refractivity contribution in [3.63, 3.8) is 0 Å². The molecule has 0 bridgehead atoms. The normalized spacial score (nSPS) is 13.2. The highest BCUT2D eigenvalue weighted by Crippen LogP contribution is 2.33. The summed E-state index contributed by atoms with van der Waals surface area (Å²) in [7, 11) is -3.66. The molecule has 0 radical (unpaired) electrons. The van der Waals surface area contributed by atoms with E-state index in [1.807, 2.05) is 31.2 Å². The van der Waals surface area contributed by atoms with Gasteiger partial charge in [0.25, 0.3) is 15.9 Å². The van der Waals surface area contributed by atoms with E-state index in [0.29, 0.717) is 44.0 Å². The number of fused-ring (bicyclic) bond motifs is 1. The lowest BCUT2D eigenvalue weighted by Gasteiger charge is -2.20. The lowest BCUT2D eigenvalue weighted by atomic mass is 10.2. The maximum atomic E-state index is 13.1. The van der Waals surface area contributed by atoms with Gasteiger partial charge >= 0.3 is 0 Å². The van der Waals surface area contributed by atoms with Crippen molar-refractivity contribution in [3.05, 3.63) is 53.6 Å². The number of sulfonamides is 1. The molecule has 1 aliphatic heterocycles. The Balaban J connectivity index is 1.61. The number of benzene rings is 2. The number of hydrogen-bond acceptors (Lipinski definition) is 5. The van der Waals surface area contributed by atoms with Crippen LogP contribution in [0.2, 0.25) is 0 Å². The van der Waals surface area contributed by atoms with Crippen molar-refractivity contribution in [2.45, 2.75) is 31.6 Å². The quantitative estimate of drug-likeness (QED) is 0.584. The topological polar surface area (TPSA) is 84.9 Å². The number of nitrogens with one attached hydrogen (secondary N) is 1. The third-order valence-electron chi connectivity index (χ3n) is 4.93. The number of para-hydroxylation sites is 1. The van der Waals surface area contributed by atoms with E-state index in [1.165, 1.54) is 10.4 Å². The van der Waals surface area contributed by atoms with Crippen LogP contribution in [0.1, 0.15) is 24.5 Å². The van der Waals surface area contributed by atoms with Gasteiger partial charge in [-0.15, -0.1) is 0 Å². The highest BCUT2D eigenvalue weighted by molar-refractivity contribution is 7.92. The predicted octanol–water partition coefficient (Wildman–Crippen LogP) is 2.67. The zero-order valence-corrected chi connectivity index (χ0v) is 18.2. The molecule has 0 aromatic heterocycles. The average Bonchev–Trinajstić information content (AvgIpc) is 3.17. The Morgan fingerprint density at radius 2 is 2.00 bits per heavy atom. The number of amides is 1. The van der Waals surface area contributed by atoms with Gasteiger partial charge in [0.2, 0.25) is 0 Å². The minimum absolute atomic E-state index is 0.124. The number of ether oxygens (including phenoxy) is 2. The molecule has 0 spiro atoms. The fourth-order valence-corrected chi connectivity index (χ4v) is 4.96. The van der Waals surface area contributed by atoms with Crippen LogP contribution in [0.25, 0.3) is 0 Å². The molecule has 0 atom stereocenters. The molecule has 0 saturated heterocycles. The summed E-state index contributed by atoms with van der Waals surface area (Å²) >= 11 is 0. The molecular weight excluding hydrogens is 404 g/mol. The summed E-state index contributed by atoms with van der Waals surface area (Å²) in [5.74, 6) is 0.261. The lowest BCUT2D eigenvalue weighted by molar-refractivity contribution is -0.123. The first kappa shape index (κ1) is 22.1. The minimum atomic E-state index is -3.66. The molecular formula is C22H28N2O5S. The van der Waals surface area contributed by atoms with Crippen molar-refractivity contribution in [1.29, 1.82) is 0 Å². The van der Waals surface area contributed by atoms with Gasteiger partial charge in [0.15, 0.2) is 6.61 Å². The third-order valence-corrected chi connectivity index (χ3v) is 6.74. The highest BCUT2D eigenvalue weighted by Gasteiger charge is 2.30. The van der Waals surface area contributed by atoms with Crippen LogP contribution in [0.4, 0.5) is 5.69 Å². The van der Waals surface area contributed by atoms with E-state index in [4.69, 9.17) is 9.47 Å². The molecule has 0 aliphatic carbocycles. The maximum absolute atomic E-state index is 13.1. The predicted molar refractivity (Wildman–Crippen MR) is 115 cm³/mol. The molecule has 8 heteroatoms. The first-order chi connectivity index (χ1) is 14.4. The van der Waals surface area contributed by atoms with Gasteiger partial charge in [-0.25, -0.2) is 8.42 Å². The van der Waals surface area contributed by atoms with Gasteiger partial charge in [0.05, 0.1) is 10.6 Å². The fraction of sp³-hybridized carbons (Fsp3) is 0.409. The third kappa shape index (κ3) is 5.12. The van der Waals surface area contributed by atoms with Crippen LogP contribution >= 0.6 is 0 Å². The standard InChI is InChI=1S/C22H28N2O5S/c1-3-28-14-6-12-23-22(25)16-29-21-10-9-19(15-17(21)2)30(26,27)24-13-11-18-7-4-5-8-20(18)24/h4-5,7-10,15H,3,6,11-14,16H2,1-2H3,(H,23,25). The molecule has 30 heavy (non-hydrogen) atoms. The monoisotopic (exact) mass is 432 g/mol. The number of carbonyl (C=O) groups is 1. The van der Waals surface area contributed by atoms with Crippen molar-refractivity contribution in [3.8, 4) is 5.75 Å². The number of carbonyl (C=O) groups excluding carboxylic acids is 1. The molecule has 162 valence electrons. The molecule has 2 aromatic carbocycles. The lowest BCUT2D eigenvalue weighted by Crippen LogP contribution is -2.30. The molecule has 0 fully saturated rings. The summed E-state index contributed by atoms with van der Waals surface area (Å²) in [5, 5.41) is 2.77. The molecule has 1 aliphatic rings. The van der Waals surface area contributed by atoms with Crippen molar-refractivity contribution < 1.29 is 22.7 Å². The Morgan fingerprint density at radius 3 is 2.77 bits per heavy atom. The summed E-state index contributed by atoms with van der Waals surface area (Å²) in [5.41, 5.74) is 2.43. The Hall–Kier alpha value is -2.58. The molecule has 0 saturated carbocycles. The average molecular weight is 433 g/mol. The zero-order valence-electron chi connectivity index (χ0n) is 17.4. The van der Waals surface area contributed by atoms with Gasteiger partial charge in [0.1, 0.15) is 5.75 Å². The van der Waals surface area contributed by atoms with Crippen LogP contribution in [0.5, 0.6) is 5.75 Å². The first-order valence-corrected chi connectivity index (χ1v) is 11.6. The Labute approximate surface area is 178 Å². The van der Waals surface area contributed by atoms with E-state index in [2.05, 4.69) is 5.32 Å². The van der Waals surface area contributed by atoms with Gasteiger partial charge in [-0.05, 0) is 62.1 Å². The summed E-state index contributed by atoms with van der Waals surface area (Å²) < 4.78 is 38.5. The van der Waals surface area contributed by atoms with Crippen LogP contribution in [0.15, 0.2) is 47.4 Å². The summed E-state index contributed by atoms with van der Waals surface area (Å²) in [6.07, 6.45) is 1.44. The van der Waals surface area contributed by atoms with Crippen LogP contribution < -0.4 is 14.4 Å². The van der Waals surface area contributed by atoms with Gasteiger partial charge in [-0.3, -0.25) is 9.10 Å². The van der Waals surface area contributed by atoms with Crippen LogP contribution in [0.3, 0.4) is 0 Å². The largest absolute Gasteiger partial charge is 0.484 e. The second-order valence-corrected chi connectivity index (χ2v) is 8.93. The van der Waals surface area contributed by atoms with Crippen LogP contribution in [0, 0.1) is 6.92 Å². The summed E-state index contributed by atoms with van der Waals surface area (Å²) in [4.78, 5) is 12.1. The number of rotatable bonds is 10. The SMILES string of the molecule is CCOCCCNC(=O)COc1ccc(S(=O)(=O)N2CCc3ccccc32)cc1C. The number of anilines is 1. The Bertz CT molecular complexity index is 991. The molecule has 2 aromatic rings. The van der Waals surface area contributed by atoms with Crippen molar-refractivity contribution in [1.82, 2.24) is 5.32 Å². The van der Waals surface area contributed by atoms with E-state index in [9.17, 15) is 13.2 Å². The van der Waals surface area contributed by atoms with Crippen LogP contribution in [-0.2, 0) is 26.0 Å². The molecule has 1 amide bonds. The first-order valence-electron chi connectivity index (χ1n) is 10.1. The summed E-state index contributed by atoms with van der Waals surface area (Å²) in [6.45, 7) is 5.79.